The van der Waals surface area contributed by atoms with Gasteiger partial charge in [-0.3, -0.25) is 9.52 Å². The molecule has 0 atom stereocenters. The van der Waals surface area contributed by atoms with Crippen LogP contribution in [0.3, 0.4) is 0 Å². The van der Waals surface area contributed by atoms with Gasteiger partial charge in [0.05, 0.1) is 4.90 Å². The van der Waals surface area contributed by atoms with E-state index < -0.39 is 10.0 Å². The Kier molecular flexibility index (Phi) is 9.32. The molecule has 6 nitrogen and oxygen atoms in total. The number of unbranched alkanes of at least 4 members (excludes halogenated alkanes) is 1. The van der Waals surface area contributed by atoms with Crippen LogP contribution in [0, 0.1) is 0 Å². The van der Waals surface area contributed by atoms with Gasteiger partial charge in [0, 0.05) is 43.1 Å². The van der Waals surface area contributed by atoms with E-state index in [1.807, 2.05) is 37.3 Å². The first-order chi connectivity index (χ1) is 16.9. The van der Waals surface area contributed by atoms with Gasteiger partial charge in [0.15, 0.2) is 0 Å². The zero-order valence-corrected chi connectivity index (χ0v) is 21.4. The monoisotopic (exact) mass is 493 g/mol. The molecule has 0 radical (unpaired) electrons. The summed E-state index contributed by atoms with van der Waals surface area (Å²) >= 11 is 0. The maximum atomic E-state index is 13.1. The largest absolute Gasteiger partial charge is 0.368 e. The SMILES string of the molecule is C=C/C=C(\C=C/C)N1CCN(C(=O)c2cccc(S(=O)(=O)Nc3ccc(CCCC)cc3)c2)CC1. The smallest absolute Gasteiger partial charge is 0.261 e. The Balaban J connectivity index is 1.67. The second-order valence-corrected chi connectivity index (χ2v) is 10.2. The summed E-state index contributed by atoms with van der Waals surface area (Å²) in [6, 6.07) is 13.7. The zero-order valence-electron chi connectivity index (χ0n) is 20.6. The number of amides is 1. The van der Waals surface area contributed by atoms with Gasteiger partial charge in [-0.25, -0.2) is 8.42 Å². The number of allylic oxidation sites excluding steroid dienone is 4. The van der Waals surface area contributed by atoms with Crippen molar-refractivity contribution < 1.29 is 13.2 Å². The molecule has 7 heteroatoms. The van der Waals surface area contributed by atoms with E-state index in [2.05, 4.69) is 23.1 Å². The van der Waals surface area contributed by atoms with Crippen molar-refractivity contribution >= 4 is 21.6 Å². The van der Waals surface area contributed by atoms with Crippen molar-refractivity contribution in [3.8, 4) is 0 Å². The van der Waals surface area contributed by atoms with Crippen LogP contribution in [0.4, 0.5) is 5.69 Å². The highest BCUT2D eigenvalue weighted by Crippen LogP contribution is 2.20. The molecular weight excluding hydrogens is 458 g/mol. The van der Waals surface area contributed by atoms with Crippen LogP contribution >= 0.6 is 0 Å². The van der Waals surface area contributed by atoms with Crippen molar-refractivity contribution in [2.24, 2.45) is 0 Å². The molecular formula is C28H35N3O3S. The maximum Gasteiger partial charge on any atom is 0.261 e. The predicted octanol–water partition coefficient (Wildman–Crippen LogP) is 5.23. The molecule has 0 spiro atoms. The molecule has 3 rings (SSSR count). The summed E-state index contributed by atoms with van der Waals surface area (Å²) in [7, 11) is -3.82. The minimum atomic E-state index is -3.82. The summed E-state index contributed by atoms with van der Waals surface area (Å²) in [6.07, 6.45) is 10.9. The lowest BCUT2D eigenvalue weighted by Gasteiger charge is -2.36. The van der Waals surface area contributed by atoms with Crippen molar-refractivity contribution in [1.82, 2.24) is 9.80 Å². The molecule has 1 N–H and O–H groups in total. The fourth-order valence-electron chi connectivity index (χ4n) is 4.04. The molecule has 2 aromatic rings. The van der Waals surface area contributed by atoms with Gasteiger partial charge in [-0.05, 0) is 67.8 Å². The normalized spacial score (nSPS) is 14.9. The second-order valence-electron chi connectivity index (χ2n) is 8.54. The Morgan fingerprint density at radius 1 is 1.06 bits per heavy atom. The quantitative estimate of drug-likeness (QED) is 0.460. The number of rotatable bonds is 10. The van der Waals surface area contributed by atoms with Crippen LogP contribution in [-0.2, 0) is 16.4 Å². The van der Waals surface area contributed by atoms with Gasteiger partial charge in [0.1, 0.15) is 0 Å². The third-order valence-corrected chi connectivity index (χ3v) is 7.35. The number of anilines is 1. The highest BCUT2D eigenvalue weighted by molar-refractivity contribution is 7.92. The fourth-order valence-corrected chi connectivity index (χ4v) is 5.14. The first-order valence-corrected chi connectivity index (χ1v) is 13.6. The van der Waals surface area contributed by atoms with Crippen LogP contribution in [0.15, 0.2) is 90.0 Å². The Morgan fingerprint density at radius 3 is 2.37 bits per heavy atom. The predicted molar refractivity (Wildman–Crippen MR) is 143 cm³/mol. The molecule has 1 aliphatic heterocycles. The number of piperazine rings is 1. The molecule has 1 saturated heterocycles. The molecule has 0 bridgehead atoms. The molecule has 1 heterocycles. The third-order valence-electron chi connectivity index (χ3n) is 5.97. The number of nitrogens with zero attached hydrogens (tertiary/aromatic N) is 2. The summed E-state index contributed by atoms with van der Waals surface area (Å²) in [5, 5.41) is 0. The van der Waals surface area contributed by atoms with Gasteiger partial charge in [-0.2, -0.15) is 0 Å². The highest BCUT2D eigenvalue weighted by Gasteiger charge is 2.24. The summed E-state index contributed by atoms with van der Waals surface area (Å²) < 4.78 is 28.6. The van der Waals surface area contributed by atoms with Crippen LogP contribution in [-0.4, -0.2) is 50.3 Å². The van der Waals surface area contributed by atoms with Crippen LogP contribution < -0.4 is 4.72 Å². The standard InChI is InChI=1S/C28H35N3O3S/c1-4-7-11-23-14-16-25(17-15-23)29-35(33,34)27-13-8-12-24(22-27)28(32)31-20-18-30(19-21-31)26(9-5-2)10-6-3/h5-6,8-10,12-17,22,29H,2,4,7,11,18-21H2,1,3H3/b10-6-,26-9+. The van der Waals surface area contributed by atoms with Gasteiger partial charge in [0.2, 0.25) is 0 Å². The molecule has 186 valence electrons. The van der Waals surface area contributed by atoms with Gasteiger partial charge in [-0.1, -0.05) is 50.3 Å². The van der Waals surface area contributed by atoms with Crippen LogP contribution in [0.25, 0.3) is 0 Å². The van der Waals surface area contributed by atoms with Gasteiger partial charge < -0.3 is 9.80 Å². The summed E-state index contributed by atoms with van der Waals surface area (Å²) in [4.78, 5) is 17.2. The Morgan fingerprint density at radius 2 is 1.74 bits per heavy atom. The molecule has 1 amide bonds. The molecule has 2 aromatic carbocycles. The van der Waals surface area contributed by atoms with E-state index in [9.17, 15) is 13.2 Å². The van der Waals surface area contributed by atoms with E-state index in [-0.39, 0.29) is 10.8 Å². The summed E-state index contributed by atoms with van der Waals surface area (Å²) in [6.45, 7) is 10.4. The summed E-state index contributed by atoms with van der Waals surface area (Å²) in [5.74, 6) is -0.165. The fraction of sp³-hybridized carbons (Fsp3) is 0.321. The van der Waals surface area contributed by atoms with Crippen molar-refractivity contribution in [3.05, 3.63) is 96.2 Å². The number of aryl methyl sites for hydroxylation is 1. The number of hydrogen-bond donors (Lipinski definition) is 1. The van der Waals surface area contributed by atoms with E-state index in [4.69, 9.17) is 0 Å². The number of hydrogen-bond acceptors (Lipinski definition) is 4. The van der Waals surface area contributed by atoms with Crippen molar-refractivity contribution in [1.29, 1.82) is 0 Å². The first kappa shape index (κ1) is 26.3. The zero-order chi connectivity index (χ0) is 25.3. The van der Waals surface area contributed by atoms with Crippen LogP contribution in [0.5, 0.6) is 0 Å². The molecule has 1 aliphatic rings. The number of carbonyl (C=O) groups is 1. The number of nitrogens with one attached hydrogen (secondary N) is 1. The molecule has 0 aromatic heterocycles. The average molecular weight is 494 g/mol. The van der Waals surface area contributed by atoms with E-state index >= 15 is 0 Å². The topological polar surface area (TPSA) is 69.7 Å². The average Bonchev–Trinajstić information content (AvgIpc) is 2.88. The van der Waals surface area contributed by atoms with E-state index in [0.29, 0.717) is 37.4 Å². The third kappa shape index (κ3) is 7.09. The Bertz CT molecular complexity index is 1180. The molecule has 0 unspecified atom stereocenters. The Hall–Kier alpha value is -3.32. The van der Waals surface area contributed by atoms with Crippen LogP contribution in [0.2, 0.25) is 0 Å². The maximum absolute atomic E-state index is 13.1. The van der Waals surface area contributed by atoms with Crippen molar-refractivity contribution in [3.63, 3.8) is 0 Å². The lowest BCUT2D eigenvalue weighted by molar-refractivity contribution is 0.0672. The molecule has 0 saturated carbocycles. The minimum absolute atomic E-state index is 0.0707. The van der Waals surface area contributed by atoms with Crippen molar-refractivity contribution in [2.45, 2.75) is 38.0 Å². The lowest BCUT2D eigenvalue weighted by Crippen LogP contribution is -2.48. The Labute approximate surface area is 209 Å². The molecule has 35 heavy (non-hydrogen) atoms. The van der Waals surface area contributed by atoms with Gasteiger partial charge >= 0.3 is 0 Å². The number of carbonyl (C=O) groups excluding carboxylic acids is 1. The van der Waals surface area contributed by atoms with E-state index in [1.54, 1.807) is 35.2 Å². The van der Waals surface area contributed by atoms with Crippen LogP contribution in [0.1, 0.15) is 42.6 Å². The van der Waals surface area contributed by atoms with E-state index in [0.717, 1.165) is 25.0 Å². The second kappa shape index (κ2) is 12.4. The van der Waals surface area contributed by atoms with Crippen molar-refractivity contribution in [2.75, 3.05) is 30.9 Å². The lowest BCUT2D eigenvalue weighted by atomic mass is 10.1. The highest BCUT2D eigenvalue weighted by atomic mass is 32.2. The van der Waals surface area contributed by atoms with Gasteiger partial charge in [0.25, 0.3) is 15.9 Å². The minimum Gasteiger partial charge on any atom is -0.368 e. The molecule has 0 aliphatic carbocycles. The van der Waals surface area contributed by atoms with E-state index in [1.165, 1.54) is 17.7 Å². The first-order valence-electron chi connectivity index (χ1n) is 12.1. The number of sulfonamides is 1. The molecule has 1 fully saturated rings. The van der Waals surface area contributed by atoms with Gasteiger partial charge in [-0.15, -0.1) is 0 Å². The summed E-state index contributed by atoms with van der Waals surface area (Å²) in [5.41, 5.74) is 3.11. The number of benzene rings is 2.